The van der Waals surface area contributed by atoms with E-state index < -0.39 is 0 Å². The second-order valence-electron chi connectivity index (χ2n) is 13.3. The zero-order chi connectivity index (χ0) is 32.6. The van der Waals surface area contributed by atoms with E-state index in [1.807, 2.05) is 0 Å². The number of anilines is 3. The predicted molar refractivity (Wildman–Crippen MR) is 208 cm³/mol. The Bertz CT molecular complexity index is 2290. The van der Waals surface area contributed by atoms with E-state index in [1.54, 1.807) is 0 Å². The Balaban J connectivity index is 0.999. The van der Waals surface area contributed by atoms with Gasteiger partial charge in [-0.05, 0) is 107 Å². The summed E-state index contributed by atoms with van der Waals surface area (Å²) in [5.74, 6) is 0.743. The maximum atomic E-state index is 2.37. The van der Waals surface area contributed by atoms with Gasteiger partial charge in [0, 0.05) is 33.5 Å². The van der Waals surface area contributed by atoms with Gasteiger partial charge in [-0.25, -0.2) is 0 Å². The van der Waals surface area contributed by atoms with Crippen molar-refractivity contribution in [2.24, 2.45) is 0 Å². The third kappa shape index (κ3) is 5.50. The van der Waals surface area contributed by atoms with Gasteiger partial charge in [0.1, 0.15) is 0 Å². The molecule has 1 saturated carbocycles. The molecule has 49 heavy (non-hydrogen) atoms. The highest BCUT2D eigenvalue weighted by Crippen LogP contribution is 2.38. The van der Waals surface area contributed by atoms with Crippen molar-refractivity contribution in [2.75, 3.05) is 4.90 Å². The fraction of sp³-hybridized carbons (Fsp3) is 0.106. The fourth-order valence-corrected chi connectivity index (χ4v) is 7.84. The SMILES string of the molecule is c1ccc(N(c2ccc(-c3ccc(C4CCCC4)cc3)cc2)c2ccc(-c3ccc(-n4c5ccccc5c5ccccc54)cc3)cc2)cc1. The minimum absolute atomic E-state index is 0.743. The average Bonchev–Trinajstić information content (AvgIpc) is 3.84. The molecule has 0 radical (unpaired) electrons. The van der Waals surface area contributed by atoms with Crippen LogP contribution in [0, 0.1) is 0 Å². The van der Waals surface area contributed by atoms with Crippen molar-refractivity contribution < 1.29 is 0 Å². The van der Waals surface area contributed by atoms with Crippen LogP contribution in [0.2, 0.25) is 0 Å². The number of hydrogen-bond donors (Lipinski definition) is 0. The Labute approximate surface area is 288 Å². The van der Waals surface area contributed by atoms with E-state index >= 15 is 0 Å². The molecular formula is C47H38N2. The van der Waals surface area contributed by atoms with Crippen LogP contribution in [0.15, 0.2) is 176 Å². The van der Waals surface area contributed by atoms with E-state index in [-0.39, 0.29) is 0 Å². The van der Waals surface area contributed by atoms with E-state index in [4.69, 9.17) is 0 Å². The summed E-state index contributed by atoms with van der Waals surface area (Å²) in [7, 11) is 0. The highest BCUT2D eigenvalue weighted by atomic mass is 15.1. The molecule has 9 rings (SSSR count). The molecular weight excluding hydrogens is 593 g/mol. The van der Waals surface area contributed by atoms with Crippen LogP contribution in [-0.4, -0.2) is 4.57 Å². The van der Waals surface area contributed by atoms with Crippen molar-refractivity contribution >= 4 is 38.9 Å². The molecule has 0 saturated heterocycles. The van der Waals surface area contributed by atoms with Gasteiger partial charge < -0.3 is 9.47 Å². The maximum absolute atomic E-state index is 2.37. The van der Waals surface area contributed by atoms with E-state index in [2.05, 4.69) is 185 Å². The molecule has 236 valence electrons. The minimum Gasteiger partial charge on any atom is -0.311 e. The van der Waals surface area contributed by atoms with Crippen LogP contribution in [0.25, 0.3) is 49.7 Å². The van der Waals surface area contributed by atoms with Gasteiger partial charge in [0.05, 0.1) is 11.0 Å². The number of rotatable bonds is 7. The van der Waals surface area contributed by atoms with Crippen LogP contribution in [0.1, 0.15) is 37.2 Å². The Morgan fingerprint density at radius 2 is 0.796 bits per heavy atom. The maximum Gasteiger partial charge on any atom is 0.0541 e. The van der Waals surface area contributed by atoms with Crippen LogP contribution >= 0.6 is 0 Å². The summed E-state index contributed by atoms with van der Waals surface area (Å²) in [5.41, 5.74) is 13.4. The lowest BCUT2D eigenvalue weighted by molar-refractivity contribution is 0.723. The first kappa shape index (κ1) is 29.3. The summed E-state index contributed by atoms with van der Waals surface area (Å²) >= 11 is 0. The van der Waals surface area contributed by atoms with Gasteiger partial charge >= 0.3 is 0 Å². The normalized spacial score (nSPS) is 13.3. The zero-order valence-corrected chi connectivity index (χ0v) is 27.5. The van der Waals surface area contributed by atoms with Crippen molar-refractivity contribution in [2.45, 2.75) is 31.6 Å². The first-order chi connectivity index (χ1) is 24.3. The fourth-order valence-electron chi connectivity index (χ4n) is 7.84. The first-order valence-corrected chi connectivity index (χ1v) is 17.5. The molecule has 2 heteroatoms. The van der Waals surface area contributed by atoms with E-state index in [1.165, 1.54) is 81.0 Å². The zero-order valence-electron chi connectivity index (χ0n) is 27.5. The van der Waals surface area contributed by atoms with Gasteiger partial charge in [0.25, 0.3) is 0 Å². The molecule has 1 heterocycles. The third-order valence-electron chi connectivity index (χ3n) is 10.4. The number of para-hydroxylation sites is 3. The lowest BCUT2D eigenvalue weighted by Gasteiger charge is -2.26. The Morgan fingerprint density at radius 1 is 0.388 bits per heavy atom. The van der Waals surface area contributed by atoms with Crippen LogP contribution in [-0.2, 0) is 0 Å². The van der Waals surface area contributed by atoms with E-state index in [0.29, 0.717) is 0 Å². The van der Waals surface area contributed by atoms with Gasteiger partial charge in [0.2, 0.25) is 0 Å². The topological polar surface area (TPSA) is 8.17 Å². The number of fused-ring (bicyclic) bond motifs is 3. The molecule has 0 atom stereocenters. The number of hydrogen-bond acceptors (Lipinski definition) is 1. The largest absolute Gasteiger partial charge is 0.311 e. The van der Waals surface area contributed by atoms with E-state index in [9.17, 15) is 0 Å². The van der Waals surface area contributed by atoms with Crippen molar-refractivity contribution in [3.05, 3.63) is 181 Å². The molecule has 0 spiro atoms. The average molecular weight is 631 g/mol. The van der Waals surface area contributed by atoms with Gasteiger partial charge in [0.15, 0.2) is 0 Å². The Morgan fingerprint density at radius 3 is 1.31 bits per heavy atom. The molecule has 1 aliphatic carbocycles. The molecule has 7 aromatic carbocycles. The second kappa shape index (κ2) is 12.6. The molecule has 8 aromatic rings. The Kier molecular flexibility index (Phi) is 7.55. The quantitative estimate of drug-likeness (QED) is 0.170. The number of benzene rings is 7. The van der Waals surface area contributed by atoms with Crippen LogP contribution in [0.5, 0.6) is 0 Å². The molecule has 1 aliphatic rings. The summed E-state index contributed by atoms with van der Waals surface area (Å²) in [6.45, 7) is 0. The molecule has 2 nitrogen and oxygen atoms in total. The highest BCUT2D eigenvalue weighted by molar-refractivity contribution is 6.09. The summed E-state index contributed by atoms with van der Waals surface area (Å²) in [4.78, 5) is 2.34. The summed E-state index contributed by atoms with van der Waals surface area (Å²) in [6, 6.07) is 64.1. The van der Waals surface area contributed by atoms with Crippen LogP contribution in [0.3, 0.4) is 0 Å². The molecule has 0 bridgehead atoms. The van der Waals surface area contributed by atoms with Gasteiger partial charge in [-0.2, -0.15) is 0 Å². The summed E-state index contributed by atoms with van der Waals surface area (Å²) in [5, 5.41) is 2.56. The summed E-state index contributed by atoms with van der Waals surface area (Å²) < 4.78 is 2.37. The van der Waals surface area contributed by atoms with Crippen molar-refractivity contribution in [1.82, 2.24) is 4.57 Å². The van der Waals surface area contributed by atoms with Gasteiger partial charge in [-0.15, -0.1) is 0 Å². The second-order valence-corrected chi connectivity index (χ2v) is 13.3. The molecule has 0 amide bonds. The molecule has 1 aromatic heterocycles. The van der Waals surface area contributed by atoms with E-state index in [0.717, 1.165) is 23.0 Å². The lowest BCUT2D eigenvalue weighted by Crippen LogP contribution is -2.09. The molecule has 0 unspecified atom stereocenters. The van der Waals surface area contributed by atoms with Crippen molar-refractivity contribution in [3.63, 3.8) is 0 Å². The third-order valence-corrected chi connectivity index (χ3v) is 10.4. The van der Waals surface area contributed by atoms with Crippen molar-refractivity contribution in [3.8, 4) is 27.9 Å². The number of aromatic nitrogens is 1. The number of nitrogens with zero attached hydrogens (tertiary/aromatic N) is 2. The smallest absolute Gasteiger partial charge is 0.0541 e. The minimum atomic E-state index is 0.743. The monoisotopic (exact) mass is 630 g/mol. The standard InChI is InChI=1S/C47H38N2/c1-2-12-40(13-3-1)48(41-28-22-37(23-29-41)36-20-18-35(19-21-36)34-10-4-5-11-34)42-30-24-38(25-31-42)39-26-32-43(33-27-39)49-46-16-8-6-14-44(46)45-15-7-9-17-47(45)49/h1-3,6-9,12-34H,4-5,10-11H2. The lowest BCUT2D eigenvalue weighted by atomic mass is 9.95. The van der Waals surface area contributed by atoms with Crippen LogP contribution in [0.4, 0.5) is 17.1 Å². The Hall–Kier alpha value is -5.86. The molecule has 0 aliphatic heterocycles. The van der Waals surface area contributed by atoms with Gasteiger partial charge in [-0.3, -0.25) is 0 Å². The van der Waals surface area contributed by atoms with Crippen molar-refractivity contribution in [1.29, 1.82) is 0 Å². The first-order valence-electron chi connectivity index (χ1n) is 17.5. The predicted octanol–water partition coefficient (Wildman–Crippen LogP) is 13.2. The molecule has 0 N–H and O–H groups in total. The van der Waals surface area contributed by atoms with Gasteiger partial charge in [-0.1, -0.05) is 128 Å². The summed E-state index contributed by atoms with van der Waals surface area (Å²) in [6.07, 6.45) is 5.40. The molecule has 1 fully saturated rings. The van der Waals surface area contributed by atoms with Crippen LogP contribution < -0.4 is 4.90 Å². The highest BCUT2D eigenvalue weighted by Gasteiger charge is 2.17.